The molecule has 1 aromatic heterocycles. The maximum absolute atomic E-state index is 6.11. The van der Waals surface area contributed by atoms with Crippen LogP contribution in [-0.2, 0) is 14.0 Å². The Hall–Kier alpha value is -1.11. The second-order valence-corrected chi connectivity index (χ2v) is 6.52. The number of rotatable bonds is 2. The lowest BCUT2D eigenvalue weighted by molar-refractivity contribution is 0.00578. The summed E-state index contributed by atoms with van der Waals surface area (Å²) in [5.74, 6) is 0.835. The Labute approximate surface area is 119 Å². The Balaban J connectivity index is 1.99. The summed E-state index contributed by atoms with van der Waals surface area (Å²) in [6.07, 6.45) is 1.73. The highest BCUT2D eigenvalue weighted by Crippen LogP contribution is 2.37. The summed E-state index contributed by atoms with van der Waals surface area (Å²) in [7, 11) is -0.468. The van der Waals surface area contributed by atoms with E-state index in [2.05, 4.69) is 4.98 Å². The van der Waals surface area contributed by atoms with Gasteiger partial charge in [-0.15, -0.1) is 0 Å². The highest BCUT2D eigenvalue weighted by atomic mass is 16.7. The molecule has 3 rings (SSSR count). The molecule has 2 saturated heterocycles. The molecule has 0 saturated carbocycles. The molecule has 0 aromatic carbocycles. The van der Waals surface area contributed by atoms with Gasteiger partial charge in [0.05, 0.1) is 24.4 Å². The van der Waals surface area contributed by atoms with Crippen molar-refractivity contribution < 1.29 is 14.0 Å². The molecule has 0 atom stereocenters. The minimum atomic E-state index is -0.468. The van der Waals surface area contributed by atoms with Gasteiger partial charge >= 0.3 is 7.12 Å². The fourth-order valence-corrected chi connectivity index (χ4v) is 2.49. The number of nitrogens with two attached hydrogens (primary N) is 1. The van der Waals surface area contributed by atoms with E-state index in [4.69, 9.17) is 19.8 Å². The molecule has 3 heterocycles. The monoisotopic (exact) mass is 276 g/mol. The average molecular weight is 276 g/mol. The number of ether oxygens (including phenoxy) is 1. The normalized spacial score (nSPS) is 24.7. The first-order chi connectivity index (χ1) is 9.32. The highest BCUT2D eigenvalue weighted by molar-refractivity contribution is 6.64. The number of hydrogen-bond donors (Lipinski definition) is 1. The number of pyridine rings is 1. The third-order valence-corrected chi connectivity index (χ3v) is 4.62. The second-order valence-electron chi connectivity index (χ2n) is 6.52. The second kappa shape index (κ2) is 4.45. The molecule has 5 nitrogen and oxygen atoms in total. The van der Waals surface area contributed by atoms with Gasteiger partial charge < -0.3 is 19.8 Å². The van der Waals surface area contributed by atoms with Crippen molar-refractivity contribution in [2.75, 3.05) is 18.9 Å². The molecule has 0 bridgehead atoms. The van der Waals surface area contributed by atoms with Gasteiger partial charge in [-0.25, -0.2) is 4.98 Å². The molecule has 2 aliphatic heterocycles. The van der Waals surface area contributed by atoms with E-state index in [-0.39, 0.29) is 11.2 Å². The molecule has 2 N–H and O–H groups in total. The molecule has 0 aliphatic carbocycles. The van der Waals surface area contributed by atoms with Gasteiger partial charge in [-0.05, 0) is 39.3 Å². The van der Waals surface area contributed by atoms with E-state index >= 15 is 0 Å². The van der Waals surface area contributed by atoms with Crippen LogP contribution >= 0.6 is 0 Å². The summed E-state index contributed by atoms with van der Waals surface area (Å²) in [6, 6.07) is 1.99. The summed E-state index contributed by atoms with van der Waals surface area (Å²) in [4.78, 5) is 4.20. The van der Waals surface area contributed by atoms with Crippen LogP contribution in [-0.4, -0.2) is 36.5 Å². The molecule has 0 radical (unpaired) electrons. The van der Waals surface area contributed by atoms with Gasteiger partial charge in [-0.1, -0.05) is 0 Å². The first-order valence-corrected chi connectivity index (χ1v) is 6.99. The van der Waals surface area contributed by atoms with Crippen LogP contribution in [0.1, 0.15) is 39.2 Å². The van der Waals surface area contributed by atoms with E-state index in [1.807, 2.05) is 33.8 Å². The Morgan fingerprint density at radius 2 is 1.80 bits per heavy atom. The van der Waals surface area contributed by atoms with Crippen LogP contribution in [0.25, 0.3) is 0 Å². The zero-order valence-electron chi connectivity index (χ0n) is 12.5. The first kappa shape index (κ1) is 13.9. The SMILES string of the molecule is CC1(C)OB(c2c(C3COC3)ccnc2N)OC1(C)C. The van der Waals surface area contributed by atoms with Crippen LogP contribution in [0.2, 0.25) is 0 Å². The van der Waals surface area contributed by atoms with Gasteiger partial charge in [-0.2, -0.15) is 0 Å². The topological polar surface area (TPSA) is 66.6 Å². The summed E-state index contributed by atoms with van der Waals surface area (Å²) < 4.78 is 17.5. The van der Waals surface area contributed by atoms with Crippen molar-refractivity contribution in [2.24, 2.45) is 0 Å². The van der Waals surface area contributed by atoms with E-state index in [1.165, 1.54) is 0 Å². The average Bonchev–Trinajstić information content (AvgIpc) is 2.45. The molecule has 0 spiro atoms. The van der Waals surface area contributed by atoms with Crippen molar-refractivity contribution in [3.8, 4) is 0 Å². The van der Waals surface area contributed by atoms with E-state index in [9.17, 15) is 0 Å². The predicted molar refractivity (Wildman–Crippen MR) is 77.9 cm³/mol. The summed E-state index contributed by atoms with van der Waals surface area (Å²) >= 11 is 0. The van der Waals surface area contributed by atoms with Gasteiger partial charge in [-0.3, -0.25) is 0 Å². The van der Waals surface area contributed by atoms with E-state index < -0.39 is 7.12 Å². The van der Waals surface area contributed by atoms with Crippen molar-refractivity contribution in [2.45, 2.75) is 44.8 Å². The Kier molecular flexibility index (Phi) is 3.08. The lowest BCUT2D eigenvalue weighted by Gasteiger charge is -2.32. The van der Waals surface area contributed by atoms with Gasteiger partial charge in [0.1, 0.15) is 5.82 Å². The minimum absolute atomic E-state index is 0.356. The summed E-state index contributed by atoms with van der Waals surface area (Å²) in [5, 5.41) is 0. The van der Waals surface area contributed by atoms with E-state index in [0.717, 1.165) is 24.2 Å². The van der Waals surface area contributed by atoms with Crippen molar-refractivity contribution in [3.63, 3.8) is 0 Å². The zero-order valence-corrected chi connectivity index (χ0v) is 12.5. The number of nitrogen functional groups attached to an aromatic ring is 1. The van der Waals surface area contributed by atoms with Crippen LogP contribution in [0.15, 0.2) is 12.3 Å². The molecule has 6 heteroatoms. The molecular weight excluding hydrogens is 255 g/mol. The van der Waals surface area contributed by atoms with Crippen LogP contribution < -0.4 is 11.2 Å². The molecule has 0 amide bonds. The van der Waals surface area contributed by atoms with E-state index in [0.29, 0.717) is 11.7 Å². The summed E-state index contributed by atoms with van der Waals surface area (Å²) in [5.41, 5.74) is 7.31. The standard InChI is InChI=1S/C14H21BN2O3/c1-13(2)14(3,4)20-15(19-13)11-10(9-7-18-8-9)5-6-17-12(11)16/h5-6,9H,7-8H2,1-4H3,(H2,16,17). The Morgan fingerprint density at radius 3 is 2.30 bits per heavy atom. The maximum Gasteiger partial charge on any atom is 0.498 e. The molecule has 2 fully saturated rings. The van der Waals surface area contributed by atoms with Crippen molar-refractivity contribution >= 4 is 18.4 Å². The third kappa shape index (κ3) is 2.03. The molecule has 2 aliphatic rings. The lowest BCUT2D eigenvalue weighted by Crippen LogP contribution is -2.42. The molecule has 0 unspecified atom stereocenters. The molecular formula is C14H21BN2O3. The zero-order chi connectivity index (χ0) is 14.5. The van der Waals surface area contributed by atoms with Crippen LogP contribution in [0.3, 0.4) is 0 Å². The number of aromatic nitrogens is 1. The van der Waals surface area contributed by atoms with E-state index in [1.54, 1.807) is 6.20 Å². The van der Waals surface area contributed by atoms with Gasteiger partial charge in [0.25, 0.3) is 0 Å². The largest absolute Gasteiger partial charge is 0.498 e. The number of anilines is 1. The quantitative estimate of drug-likeness (QED) is 0.819. The fraction of sp³-hybridized carbons (Fsp3) is 0.643. The minimum Gasteiger partial charge on any atom is -0.399 e. The Morgan fingerprint density at radius 1 is 1.20 bits per heavy atom. The predicted octanol–water partition coefficient (Wildman–Crippen LogP) is 1.08. The summed E-state index contributed by atoms with van der Waals surface area (Å²) in [6.45, 7) is 9.57. The van der Waals surface area contributed by atoms with Crippen molar-refractivity contribution in [1.82, 2.24) is 4.98 Å². The molecule has 1 aromatic rings. The number of nitrogens with zero attached hydrogens (tertiary/aromatic N) is 1. The highest BCUT2D eigenvalue weighted by Gasteiger charge is 2.53. The Bertz CT molecular complexity index is 513. The van der Waals surface area contributed by atoms with Gasteiger partial charge in [0, 0.05) is 17.6 Å². The number of hydrogen-bond acceptors (Lipinski definition) is 5. The van der Waals surface area contributed by atoms with Crippen LogP contribution in [0, 0.1) is 0 Å². The van der Waals surface area contributed by atoms with Crippen LogP contribution in [0.5, 0.6) is 0 Å². The maximum atomic E-state index is 6.11. The lowest BCUT2D eigenvalue weighted by atomic mass is 9.73. The van der Waals surface area contributed by atoms with Crippen LogP contribution in [0.4, 0.5) is 5.82 Å². The fourth-order valence-electron chi connectivity index (χ4n) is 2.49. The smallest absolute Gasteiger partial charge is 0.399 e. The first-order valence-electron chi connectivity index (χ1n) is 6.99. The van der Waals surface area contributed by atoms with Gasteiger partial charge in [0.2, 0.25) is 0 Å². The third-order valence-electron chi connectivity index (χ3n) is 4.62. The molecule has 108 valence electrons. The van der Waals surface area contributed by atoms with Crippen molar-refractivity contribution in [1.29, 1.82) is 0 Å². The van der Waals surface area contributed by atoms with Crippen molar-refractivity contribution in [3.05, 3.63) is 17.8 Å². The molecule has 20 heavy (non-hydrogen) atoms. The van der Waals surface area contributed by atoms with Gasteiger partial charge in [0.15, 0.2) is 0 Å².